The van der Waals surface area contributed by atoms with Crippen LogP contribution in [0.5, 0.6) is 0 Å². The van der Waals surface area contributed by atoms with Crippen molar-refractivity contribution in [3.63, 3.8) is 0 Å². The molecule has 0 amide bonds. The van der Waals surface area contributed by atoms with Crippen molar-refractivity contribution in [3.05, 3.63) is 29.1 Å². The van der Waals surface area contributed by atoms with E-state index in [1.54, 1.807) is 13.0 Å². The van der Waals surface area contributed by atoms with Crippen LogP contribution in [0.3, 0.4) is 0 Å². The van der Waals surface area contributed by atoms with Crippen molar-refractivity contribution in [2.24, 2.45) is 5.92 Å². The van der Waals surface area contributed by atoms with Crippen molar-refractivity contribution < 1.29 is 4.39 Å². The second-order valence-electron chi connectivity index (χ2n) is 5.39. The van der Waals surface area contributed by atoms with Crippen LogP contribution in [0.1, 0.15) is 24.0 Å². The molecule has 1 heterocycles. The number of nitrogens with one attached hydrogen (secondary N) is 1. The molecule has 1 atom stereocenters. The maximum atomic E-state index is 13.7. The summed E-state index contributed by atoms with van der Waals surface area (Å²) in [7, 11) is 2.13. The fraction of sp³-hybridized carbons (Fsp3) is 0.533. The molecule has 2 rings (SSSR count). The lowest BCUT2D eigenvalue weighted by atomic mass is 9.98. The molecular weight excluding hydrogens is 241 g/mol. The number of nitriles is 1. The van der Waals surface area contributed by atoms with Crippen LogP contribution < -0.4 is 5.32 Å². The quantitative estimate of drug-likeness (QED) is 0.909. The zero-order valence-corrected chi connectivity index (χ0v) is 11.5. The van der Waals surface area contributed by atoms with Gasteiger partial charge in [0.1, 0.15) is 5.82 Å². The van der Waals surface area contributed by atoms with E-state index in [1.165, 1.54) is 18.9 Å². The van der Waals surface area contributed by atoms with Gasteiger partial charge in [0, 0.05) is 24.3 Å². The van der Waals surface area contributed by atoms with Crippen molar-refractivity contribution in [1.29, 1.82) is 5.26 Å². The van der Waals surface area contributed by atoms with Gasteiger partial charge in [0.25, 0.3) is 0 Å². The molecule has 0 aliphatic carbocycles. The van der Waals surface area contributed by atoms with E-state index in [-0.39, 0.29) is 5.82 Å². The van der Waals surface area contributed by atoms with E-state index in [2.05, 4.69) is 17.3 Å². The Hall–Kier alpha value is -1.60. The van der Waals surface area contributed by atoms with E-state index in [4.69, 9.17) is 5.26 Å². The van der Waals surface area contributed by atoms with Gasteiger partial charge >= 0.3 is 0 Å². The van der Waals surface area contributed by atoms with Crippen LogP contribution in [0.4, 0.5) is 10.1 Å². The van der Waals surface area contributed by atoms with E-state index in [0.717, 1.165) is 25.3 Å². The van der Waals surface area contributed by atoms with Crippen molar-refractivity contribution in [2.45, 2.75) is 19.8 Å². The van der Waals surface area contributed by atoms with E-state index >= 15 is 0 Å². The molecule has 1 aromatic rings. The van der Waals surface area contributed by atoms with Gasteiger partial charge in [-0.3, -0.25) is 0 Å². The first-order valence-electron chi connectivity index (χ1n) is 6.73. The molecule has 0 saturated carbocycles. The van der Waals surface area contributed by atoms with E-state index in [1.807, 2.05) is 6.07 Å². The number of piperidine rings is 1. The highest BCUT2D eigenvalue weighted by molar-refractivity contribution is 5.55. The molecule has 4 heteroatoms. The minimum absolute atomic E-state index is 0.317. The van der Waals surface area contributed by atoms with Gasteiger partial charge in [-0.1, -0.05) is 0 Å². The molecular formula is C15H20FN3. The van der Waals surface area contributed by atoms with Gasteiger partial charge in [-0.05, 0) is 51.4 Å². The molecule has 19 heavy (non-hydrogen) atoms. The Balaban J connectivity index is 2.03. The predicted octanol–water partition coefficient (Wildman–Crippen LogP) is 2.76. The molecule has 0 spiro atoms. The summed E-state index contributed by atoms with van der Waals surface area (Å²) in [6.45, 7) is 4.81. The molecule has 102 valence electrons. The summed E-state index contributed by atoms with van der Waals surface area (Å²) in [6.07, 6.45) is 2.42. The van der Waals surface area contributed by atoms with Gasteiger partial charge in [0.15, 0.2) is 0 Å². The summed E-state index contributed by atoms with van der Waals surface area (Å²) in [5.74, 6) is 0.272. The first-order chi connectivity index (χ1) is 9.10. The monoisotopic (exact) mass is 261 g/mol. The van der Waals surface area contributed by atoms with Gasteiger partial charge in [-0.25, -0.2) is 4.39 Å². The van der Waals surface area contributed by atoms with Crippen LogP contribution in [0.25, 0.3) is 0 Å². The molecule has 1 aliphatic heterocycles. The molecule has 1 aromatic carbocycles. The Kier molecular flexibility index (Phi) is 4.39. The van der Waals surface area contributed by atoms with Gasteiger partial charge in [0.2, 0.25) is 0 Å². The highest BCUT2D eigenvalue weighted by Gasteiger charge is 2.17. The molecule has 1 unspecified atom stereocenters. The minimum atomic E-state index is -0.317. The summed E-state index contributed by atoms with van der Waals surface area (Å²) < 4.78 is 13.7. The van der Waals surface area contributed by atoms with E-state index < -0.39 is 0 Å². The van der Waals surface area contributed by atoms with Crippen molar-refractivity contribution in [2.75, 3.05) is 32.0 Å². The average Bonchev–Trinajstić information content (AvgIpc) is 2.40. The third kappa shape index (κ3) is 3.45. The van der Waals surface area contributed by atoms with Crippen LogP contribution >= 0.6 is 0 Å². The second kappa shape index (κ2) is 6.03. The minimum Gasteiger partial charge on any atom is -0.384 e. The van der Waals surface area contributed by atoms with Crippen LogP contribution in [-0.4, -0.2) is 31.6 Å². The highest BCUT2D eigenvalue weighted by atomic mass is 19.1. The normalized spacial score (nSPS) is 20.0. The molecule has 0 bridgehead atoms. The molecule has 3 nitrogen and oxygen atoms in total. The van der Waals surface area contributed by atoms with Crippen LogP contribution in [0.15, 0.2) is 12.1 Å². The lowest BCUT2D eigenvalue weighted by molar-refractivity contribution is 0.217. The average molecular weight is 261 g/mol. The largest absolute Gasteiger partial charge is 0.384 e. The highest BCUT2D eigenvalue weighted by Crippen LogP contribution is 2.22. The second-order valence-corrected chi connectivity index (χ2v) is 5.39. The standard InChI is InChI=1S/C15H20FN3/c1-11-14(16)6-13(8-17)7-15(11)18-9-12-4-3-5-19(2)10-12/h6-7,12,18H,3-5,9-10H2,1-2H3. The Morgan fingerprint density at radius 2 is 2.32 bits per heavy atom. The number of benzene rings is 1. The topological polar surface area (TPSA) is 39.1 Å². The van der Waals surface area contributed by atoms with Crippen LogP contribution in [0, 0.1) is 30.0 Å². The summed E-state index contributed by atoms with van der Waals surface area (Å²) >= 11 is 0. The Morgan fingerprint density at radius 3 is 3.00 bits per heavy atom. The van der Waals surface area contributed by atoms with Crippen molar-refractivity contribution in [1.82, 2.24) is 4.90 Å². The molecule has 1 saturated heterocycles. The van der Waals surface area contributed by atoms with Crippen LogP contribution in [0.2, 0.25) is 0 Å². The number of rotatable bonds is 3. The lowest BCUT2D eigenvalue weighted by Crippen LogP contribution is -2.35. The van der Waals surface area contributed by atoms with Gasteiger partial charge in [0.05, 0.1) is 11.6 Å². The maximum Gasteiger partial charge on any atom is 0.129 e. The zero-order chi connectivity index (χ0) is 13.8. The fourth-order valence-electron chi connectivity index (χ4n) is 2.62. The zero-order valence-electron chi connectivity index (χ0n) is 11.5. The van der Waals surface area contributed by atoms with Gasteiger partial charge < -0.3 is 10.2 Å². The number of hydrogen-bond acceptors (Lipinski definition) is 3. The van der Waals surface area contributed by atoms with Crippen molar-refractivity contribution in [3.8, 4) is 6.07 Å². The SMILES string of the molecule is Cc1c(F)cc(C#N)cc1NCC1CCCN(C)C1. The van der Waals surface area contributed by atoms with Gasteiger partial charge in [-0.15, -0.1) is 0 Å². The summed E-state index contributed by atoms with van der Waals surface area (Å²) in [5.41, 5.74) is 1.69. The first kappa shape index (κ1) is 13.8. The third-order valence-corrected chi connectivity index (χ3v) is 3.78. The van der Waals surface area contributed by atoms with Gasteiger partial charge in [-0.2, -0.15) is 5.26 Å². The fourth-order valence-corrected chi connectivity index (χ4v) is 2.62. The number of likely N-dealkylation sites (tertiary alicyclic amines) is 1. The van der Waals surface area contributed by atoms with Crippen molar-refractivity contribution >= 4 is 5.69 Å². The number of halogens is 1. The lowest BCUT2D eigenvalue weighted by Gasteiger charge is -2.30. The number of nitrogens with zero attached hydrogens (tertiary/aromatic N) is 2. The molecule has 0 aromatic heterocycles. The smallest absolute Gasteiger partial charge is 0.129 e. The summed E-state index contributed by atoms with van der Waals surface area (Å²) in [4.78, 5) is 2.33. The first-order valence-corrected chi connectivity index (χ1v) is 6.73. The Morgan fingerprint density at radius 1 is 1.53 bits per heavy atom. The number of hydrogen-bond donors (Lipinski definition) is 1. The molecule has 1 fully saturated rings. The maximum absolute atomic E-state index is 13.7. The van der Waals surface area contributed by atoms with E-state index in [0.29, 0.717) is 17.0 Å². The molecule has 1 aliphatic rings. The number of anilines is 1. The third-order valence-electron chi connectivity index (χ3n) is 3.78. The summed E-state index contributed by atoms with van der Waals surface area (Å²) in [5, 5.41) is 12.2. The molecule has 1 N–H and O–H groups in total. The Labute approximate surface area is 114 Å². The van der Waals surface area contributed by atoms with Crippen LogP contribution in [-0.2, 0) is 0 Å². The van der Waals surface area contributed by atoms with E-state index in [9.17, 15) is 4.39 Å². The Bertz CT molecular complexity index is 493. The predicted molar refractivity (Wildman–Crippen MR) is 74.6 cm³/mol. The molecule has 0 radical (unpaired) electrons. The summed E-state index contributed by atoms with van der Waals surface area (Å²) in [6, 6.07) is 5.01.